The van der Waals surface area contributed by atoms with Crippen molar-refractivity contribution in [3.05, 3.63) is 96.5 Å². The molecule has 11 heteroatoms. The van der Waals surface area contributed by atoms with Crippen LogP contribution in [-0.2, 0) is 16.1 Å². The van der Waals surface area contributed by atoms with Crippen molar-refractivity contribution in [1.82, 2.24) is 4.90 Å². The number of carbonyl (C=O) groups excluding carboxylic acids is 3. The van der Waals surface area contributed by atoms with E-state index in [2.05, 4.69) is 21.2 Å². The minimum absolute atomic E-state index is 0.0754. The normalized spacial score (nSPS) is 14.4. The Labute approximate surface area is 234 Å². The van der Waals surface area contributed by atoms with Gasteiger partial charge in [-0.1, -0.05) is 41.4 Å². The molecule has 0 aromatic heterocycles. The molecule has 1 N–H and O–H groups in total. The van der Waals surface area contributed by atoms with Gasteiger partial charge in [0.2, 0.25) is 0 Å². The highest BCUT2D eigenvalue weighted by Crippen LogP contribution is 2.36. The number of hydrogen-bond acceptors (Lipinski definition) is 5. The first-order valence-electron chi connectivity index (χ1n) is 10.8. The maximum Gasteiger partial charge on any atom is 0.293 e. The van der Waals surface area contributed by atoms with Gasteiger partial charge >= 0.3 is 0 Å². The molecule has 6 nitrogen and oxygen atoms in total. The summed E-state index contributed by atoms with van der Waals surface area (Å²) in [5, 5.41) is 2.88. The van der Waals surface area contributed by atoms with Crippen molar-refractivity contribution in [1.29, 1.82) is 0 Å². The molecule has 0 bridgehead atoms. The molecule has 0 saturated carbocycles. The number of thioether (sulfide) groups is 1. The van der Waals surface area contributed by atoms with Crippen molar-refractivity contribution in [2.45, 2.75) is 13.5 Å². The number of benzene rings is 3. The Bertz CT molecular complexity index is 1430. The number of aryl methyl sites for hydroxylation is 1. The van der Waals surface area contributed by atoms with Crippen molar-refractivity contribution < 1.29 is 23.5 Å². The number of halogens is 4. The largest absolute Gasteiger partial charge is 0.483 e. The second-order valence-electron chi connectivity index (χ2n) is 7.96. The van der Waals surface area contributed by atoms with Crippen LogP contribution in [0.1, 0.15) is 16.7 Å². The van der Waals surface area contributed by atoms with Crippen LogP contribution in [0.3, 0.4) is 0 Å². The quantitative estimate of drug-likeness (QED) is 0.277. The molecule has 3 amide bonds. The van der Waals surface area contributed by atoms with Gasteiger partial charge in [-0.3, -0.25) is 19.3 Å². The standard InChI is InChI=1S/C26H18BrCl2FN2O4S/c1-14-5-7-16(11-20(14)29)31-24(33)13-36-22-8-6-15(9-18(22)27)10-23-25(34)32(26(35)37-23)12-17-19(28)3-2-4-21(17)30/h2-11H,12-13H2,1H3,(H,31,33)/b23-10-. The van der Waals surface area contributed by atoms with Gasteiger partial charge in [0.1, 0.15) is 11.6 Å². The van der Waals surface area contributed by atoms with Crippen LogP contribution in [0.15, 0.2) is 64.0 Å². The lowest BCUT2D eigenvalue weighted by atomic mass is 10.2. The maximum absolute atomic E-state index is 14.1. The summed E-state index contributed by atoms with van der Waals surface area (Å²) in [6.45, 7) is 1.37. The van der Waals surface area contributed by atoms with Gasteiger partial charge in [0.05, 0.1) is 15.9 Å². The minimum Gasteiger partial charge on any atom is -0.483 e. The number of ether oxygens (including phenoxy) is 1. The Morgan fingerprint density at radius 2 is 1.92 bits per heavy atom. The molecule has 37 heavy (non-hydrogen) atoms. The van der Waals surface area contributed by atoms with Gasteiger partial charge in [-0.2, -0.15) is 0 Å². The third-order valence-electron chi connectivity index (χ3n) is 5.32. The van der Waals surface area contributed by atoms with E-state index in [1.54, 1.807) is 42.5 Å². The molecule has 0 spiro atoms. The number of anilines is 1. The summed E-state index contributed by atoms with van der Waals surface area (Å²) in [4.78, 5) is 38.7. The smallest absolute Gasteiger partial charge is 0.293 e. The molecule has 0 unspecified atom stereocenters. The summed E-state index contributed by atoms with van der Waals surface area (Å²) >= 11 is 16.3. The highest BCUT2D eigenvalue weighted by atomic mass is 79.9. The second kappa shape index (κ2) is 11.7. The molecule has 1 saturated heterocycles. The molecule has 1 aliphatic rings. The lowest BCUT2D eigenvalue weighted by Gasteiger charge is -2.14. The highest BCUT2D eigenvalue weighted by molar-refractivity contribution is 9.10. The molecule has 1 heterocycles. The van der Waals surface area contributed by atoms with Gasteiger partial charge in [0.25, 0.3) is 17.1 Å². The maximum atomic E-state index is 14.1. The predicted octanol–water partition coefficient (Wildman–Crippen LogP) is 7.46. The number of carbonyl (C=O) groups is 3. The van der Waals surface area contributed by atoms with E-state index >= 15 is 0 Å². The average Bonchev–Trinajstić information content (AvgIpc) is 3.10. The van der Waals surface area contributed by atoms with E-state index in [-0.39, 0.29) is 34.6 Å². The number of imide groups is 1. The molecule has 0 radical (unpaired) electrons. The summed E-state index contributed by atoms with van der Waals surface area (Å²) in [6, 6.07) is 14.4. The van der Waals surface area contributed by atoms with Crippen molar-refractivity contribution >= 4 is 79.7 Å². The summed E-state index contributed by atoms with van der Waals surface area (Å²) in [6.07, 6.45) is 1.55. The van der Waals surface area contributed by atoms with Crippen LogP contribution in [0, 0.1) is 12.7 Å². The van der Waals surface area contributed by atoms with Crippen LogP contribution in [0.2, 0.25) is 10.0 Å². The van der Waals surface area contributed by atoms with Crippen LogP contribution in [0.4, 0.5) is 14.9 Å². The molecule has 3 aromatic carbocycles. The van der Waals surface area contributed by atoms with Crippen molar-refractivity contribution in [3.63, 3.8) is 0 Å². The zero-order chi connectivity index (χ0) is 26.7. The summed E-state index contributed by atoms with van der Waals surface area (Å²) in [5.74, 6) is -1.08. The lowest BCUT2D eigenvalue weighted by Crippen LogP contribution is -2.28. The average molecular weight is 624 g/mol. The van der Waals surface area contributed by atoms with E-state index in [4.69, 9.17) is 27.9 Å². The lowest BCUT2D eigenvalue weighted by molar-refractivity contribution is -0.123. The Hall–Kier alpha value is -2.85. The molecular weight excluding hydrogens is 606 g/mol. The van der Waals surface area contributed by atoms with Crippen LogP contribution < -0.4 is 10.1 Å². The fourth-order valence-electron chi connectivity index (χ4n) is 3.36. The monoisotopic (exact) mass is 622 g/mol. The van der Waals surface area contributed by atoms with Crippen molar-refractivity contribution in [3.8, 4) is 5.75 Å². The molecule has 190 valence electrons. The summed E-state index contributed by atoms with van der Waals surface area (Å²) in [7, 11) is 0. The zero-order valence-electron chi connectivity index (χ0n) is 19.2. The van der Waals surface area contributed by atoms with E-state index in [0.717, 1.165) is 22.2 Å². The highest BCUT2D eigenvalue weighted by Gasteiger charge is 2.36. The third-order valence-corrected chi connectivity index (χ3v) is 7.61. The van der Waals surface area contributed by atoms with Crippen LogP contribution in [-0.4, -0.2) is 28.6 Å². The van der Waals surface area contributed by atoms with E-state index < -0.39 is 17.0 Å². The summed E-state index contributed by atoms with van der Waals surface area (Å²) in [5.41, 5.74) is 2.16. The molecule has 1 fully saturated rings. The number of rotatable bonds is 7. The predicted molar refractivity (Wildman–Crippen MR) is 147 cm³/mol. The van der Waals surface area contributed by atoms with Gasteiger partial charge in [-0.15, -0.1) is 0 Å². The number of hydrogen-bond donors (Lipinski definition) is 1. The van der Waals surface area contributed by atoms with Crippen LogP contribution >= 0.6 is 50.9 Å². The van der Waals surface area contributed by atoms with E-state index in [9.17, 15) is 18.8 Å². The molecule has 0 aliphatic carbocycles. The van der Waals surface area contributed by atoms with Gasteiger partial charge in [0, 0.05) is 21.3 Å². The topological polar surface area (TPSA) is 75.7 Å². The fourth-order valence-corrected chi connectivity index (χ4v) is 5.12. The number of nitrogens with one attached hydrogen (secondary N) is 1. The van der Waals surface area contributed by atoms with E-state index in [0.29, 0.717) is 26.5 Å². The van der Waals surface area contributed by atoms with E-state index in [1.165, 1.54) is 18.2 Å². The SMILES string of the molecule is Cc1ccc(NC(=O)COc2ccc(/C=C3\SC(=O)N(Cc4c(F)cccc4Cl)C3=O)cc2Br)cc1Cl. The van der Waals surface area contributed by atoms with Crippen LogP contribution in [0.5, 0.6) is 5.75 Å². The Balaban J connectivity index is 1.40. The molecule has 3 aromatic rings. The van der Waals surface area contributed by atoms with E-state index in [1.807, 2.05) is 6.92 Å². The summed E-state index contributed by atoms with van der Waals surface area (Å²) < 4.78 is 20.3. The Morgan fingerprint density at radius 1 is 1.14 bits per heavy atom. The zero-order valence-corrected chi connectivity index (χ0v) is 23.1. The molecule has 0 atom stereocenters. The van der Waals surface area contributed by atoms with Gasteiger partial charge in [-0.05, 0) is 88.2 Å². The number of nitrogens with zero attached hydrogens (tertiary/aromatic N) is 1. The van der Waals surface area contributed by atoms with Crippen molar-refractivity contribution in [2.75, 3.05) is 11.9 Å². The third kappa shape index (κ3) is 6.54. The second-order valence-corrected chi connectivity index (χ2v) is 10.6. The van der Waals surface area contributed by atoms with Gasteiger partial charge < -0.3 is 10.1 Å². The first-order valence-corrected chi connectivity index (χ1v) is 13.2. The van der Waals surface area contributed by atoms with Gasteiger partial charge in [0.15, 0.2) is 6.61 Å². The van der Waals surface area contributed by atoms with Gasteiger partial charge in [-0.25, -0.2) is 4.39 Å². The fraction of sp³-hybridized carbons (Fsp3) is 0.115. The van der Waals surface area contributed by atoms with Crippen LogP contribution in [0.25, 0.3) is 6.08 Å². The minimum atomic E-state index is -0.591. The molecule has 4 rings (SSSR count). The molecular formula is C26H18BrCl2FN2O4S. The Morgan fingerprint density at radius 3 is 2.62 bits per heavy atom. The van der Waals surface area contributed by atoms with Crippen molar-refractivity contribution in [2.24, 2.45) is 0 Å². The number of amides is 3. The first-order chi connectivity index (χ1) is 17.6. The molecule has 1 aliphatic heterocycles. The first kappa shape index (κ1) is 27.2. The Kier molecular flexibility index (Phi) is 8.59.